The van der Waals surface area contributed by atoms with Crippen molar-refractivity contribution in [2.75, 3.05) is 7.11 Å². The number of carbonyl (C=O) groups is 1. The summed E-state index contributed by atoms with van der Waals surface area (Å²) in [4.78, 5) is 13.9. The fourth-order valence-electron chi connectivity index (χ4n) is 2.35. The van der Waals surface area contributed by atoms with E-state index in [1.54, 1.807) is 17.0 Å². The number of benzene rings is 1. The highest BCUT2D eigenvalue weighted by atomic mass is 32.1. The molecule has 1 N–H and O–H groups in total. The molecule has 1 heterocycles. The molecule has 0 radical (unpaired) electrons. The normalized spacial score (nSPS) is 19.5. The van der Waals surface area contributed by atoms with Gasteiger partial charge in [0.05, 0.1) is 7.11 Å². The first-order valence-corrected chi connectivity index (χ1v) is 7.39. The highest BCUT2D eigenvalue weighted by Crippen LogP contribution is 2.32. The largest absolute Gasteiger partial charge is 0.493 e. The SMILES string of the molecule is COc1cc(C=C2NC(=S)N(C3CC3)C2=O)ccc1OC(F)F. The van der Waals surface area contributed by atoms with E-state index in [4.69, 9.17) is 17.0 Å². The lowest BCUT2D eigenvalue weighted by Crippen LogP contribution is -2.32. The molecule has 0 spiro atoms. The van der Waals surface area contributed by atoms with Gasteiger partial charge in [0.15, 0.2) is 16.6 Å². The maximum Gasteiger partial charge on any atom is 0.387 e. The highest BCUT2D eigenvalue weighted by Gasteiger charge is 2.41. The van der Waals surface area contributed by atoms with Crippen LogP contribution in [0.5, 0.6) is 11.5 Å². The minimum Gasteiger partial charge on any atom is -0.493 e. The maximum absolute atomic E-state index is 12.3. The van der Waals surface area contributed by atoms with Gasteiger partial charge in [-0.3, -0.25) is 9.69 Å². The number of methoxy groups -OCH3 is 1. The molecule has 1 saturated heterocycles. The van der Waals surface area contributed by atoms with Crippen LogP contribution in [-0.2, 0) is 4.79 Å². The van der Waals surface area contributed by atoms with Gasteiger partial charge in [0.2, 0.25) is 0 Å². The topological polar surface area (TPSA) is 50.8 Å². The van der Waals surface area contributed by atoms with Gasteiger partial charge >= 0.3 is 6.61 Å². The lowest BCUT2D eigenvalue weighted by molar-refractivity contribution is -0.122. The van der Waals surface area contributed by atoms with Crippen molar-refractivity contribution < 1.29 is 23.0 Å². The zero-order valence-electron chi connectivity index (χ0n) is 12.2. The molecule has 2 fully saturated rings. The molecule has 0 aromatic heterocycles. The van der Waals surface area contributed by atoms with Gasteiger partial charge in [-0.2, -0.15) is 8.78 Å². The molecule has 1 amide bonds. The molecule has 23 heavy (non-hydrogen) atoms. The molecule has 3 rings (SSSR count). The Balaban J connectivity index is 1.84. The number of ether oxygens (including phenoxy) is 2. The van der Waals surface area contributed by atoms with Gasteiger partial charge in [-0.1, -0.05) is 6.07 Å². The zero-order valence-corrected chi connectivity index (χ0v) is 13.0. The van der Waals surface area contributed by atoms with Gasteiger partial charge in [0, 0.05) is 6.04 Å². The second-order valence-corrected chi connectivity index (χ2v) is 5.57. The summed E-state index contributed by atoms with van der Waals surface area (Å²) in [5, 5.41) is 3.28. The predicted molar refractivity (Wildman–Crippen MR) is 83.2 cm³/mol. The molecule has 1 saturated carbocycles. The second-order valence-electron chi connectivity index (χ2n) is 5.18. The minimum atomic E-state index is -2.93. The molecule has 1 aromatic rings. The van der Waals surface area contributed by atoms with Crippen molar-refractivity contribution in [3.8, 4) is 11.5 Å². The lowest BCUT2D eigenvalue weighted by Gasteiger charge is -2.11. The highest BCUT2D eigenvalue weighted by molar-refractivity contribution is 7.80. The first-order valence-electron chi connectivity index (χ1n) is 6.98. The number of hydrogen-bond acceptors (Lipinski definition) is 4. The van der Waals surface area contributed by atoms with Crippen molar-refractivity contribution >= 4 is 29.3 Å². The van der Waals surface area contributed by atoms with Crippen LogP contribution in [0.4, 0.5) is 8.78 Å². The molecule has 0 bridgehead atoms. The average molecular weight is 340 g/mol. The molecular weight excluding hydrogens is 326 g/mol. The summed E-state index contributed by atoms with van der Waals surface area (Å²) in [5.74, 6) is -0.0819. The van der Waals surface area contributed by atoms with E-state index in [0.29, 0.717) is 16.4 Å². The first kappa shape index (κ1) is 15.7. The Morgan fingerprint density at radius 3 is 2.74 bits per heavy atom. The van der Waals surface area contributed by atoms with Crippen molar-refractivity contribution in [2.45, 2.75) is 25.5 Å². The molecule has 5 nitrogen and oxygen atoms in total. The lowest BCUT2D eigenvalue weighted by atomic mass is 10.1. The van der Waals surface area contributed by atoms with E-state index in [2.05, 4.69) is 10.1 Å². The number of thiocarbonyl (C=S) groups is 1. The van der Waals surface area contributed by atoms with Gasteiger partial charge in [-0.25, -0.2) is 0 Å². The average Bonchev–Trinajstić information content (AvgIpc) is 3.28. The smallest absolute Gasteiger partial charge is 0.387 e. The number of rotatable bonds is 5. The quantitative estimate of drug-likeness (QED) is 0.659. The Bertz CT molecular complexity index is 689. The number of halogens is 2. The third-order valence-electron chi connectivity index (χ3n) is 3.54. The molecule has 0 unspecified atom stereocenters. The monoisotopic (exact) mass is 340 g/mol. The fraction of sp³-hybridized carbons (Fsp3) is 0.333. The summed E-state index contributed by atoms with van der Waals surface area (Å²) in [5.41, 5.74) is 0.964. The van der Waals surface area contributed by atoms with Crippen molar-refractivity contribution in [3.63, 3.8) is 0 Å². The number of alkyl halides is 2. The molecule has 1 aliphatic carbocycles. The summed E-state index contributed by atoms with van der Waals surface area (Å²) in [6, 6.07) is 4.63. The number of nitrogens with one attached hydrogen (secondary N) is 1. The second kappa shape index (κ2) is 6.11. The van der Waals surface area contributed by atoms with Crippen molar-refractivity contribution in [1.29, 1.82) is 0 Å². The molecule has 122 valence electrons. The van der Waals surface area contributed by atoms with Gasteiger partial charge in [-0.05, 0) is 48.8 Å². The molecule has 1 aliphatic heterocycles. The Morgan fingerprint density at radius 1 is 1.39 bits per heavy atom. The number of hydrogen-bond donors (Lipinski definition) is 1. The summed E-state index contributed by atoms with van der Waals surface area (Å²) in [6.45, 7) is -2.93. The molecule has 1 aromatic carbocycles. The number of amides is 1. The van der Waals surface area contributed by atoms with E-state index in [9.17, 15) is 13.6 Å². The fourth-order valence-corrected chi connectivity index (χ4v) is 2.69. The van der Waals surface area contributed by atoms with E-state index >= 15 is 0 Å². The Kier molecular flexibility index (Phi) is 4.16. The summed E-state index contributed by atoms with van der Waals surface area (Å²) in [6.07, 6.45) is 3.51. The number of nitrogens with zero attached hydrogens (tertiary/aromatic N) is 1. The Morgan fingerprint density at radius 2 is 2.13 bits per heavy atom. The van der Waals surface area contributed by atoms with Gasteiger partial charge in [-0.15, -0.1) is 0 Å². The van der Waals surface area contributed by atoms with Crippen molar-refractivity contribution in [3.05, 3.63) is 29.5 Å². The van der Waals surface area contributed by atoms with Crippen LogP contribution >= 0.6 is 12.2 Å². The van der Waals surface area contributed by atoms with Crippen LogP contribution < -0.4 is 14.8 Å². The Labute approximate surface area is 136 Å². The van der Waals surface area contributed by atoms with Crippen LogP contribution in [0, 0.1) is 0 Å². The Hall–Kier alpha value is -2.22. The molecule has 8 heteroatoms. The maximum atomic E-state index is 12.3. The van der Waals surface area contributed by atoms with Crippen LogP contribution in [0.1, 0.15) is 18.4 Å². The molecular formula is C15H14F2N2O3S. The van der Waals surface area contributed by atoms with Crippen LogP contribution in [0.3, 0.4) is 0 Å². The zero-order chi connectivity index (χ0) is 16.6. The third kappa shape index (κ3) is 3.26. The van der Waals surface area contributed by atoms with E-state index in [1.165, 1.54) is 19.2 Å². The first-order chi connectivity index (χ1) is 11.0. The summed E-state index contributed by atoms with van der Waals surface area (Å²) < 4.78 is 34.0. The third-order valence-corrected chi connectivity index (χ3v) is 3.84. The minimum absolute atomic E-state index is 0.0644. The van der Waals surface area contributed by atoms with E-state index in [1.807, 2.05) is 0 Å². The van der Waals surface area contributed by atoms with Gasteiger partial charge < -0.3 is 14.8 Å². The van der Waals surface area contributed by atoms with E-state index < -0.39 is 6.61 Å². The van der Waals surface area contributed by atoms with Crippen LogP contribution in [0.25, 0.3) is 6.08 Å². The van der Waals surface area contributed by atoms with Crippen molar-refractivity contribution in [1.82, 2.24) is 10.2 Å². The summed E-state index contributed by atoms with van der Waals surface area (Å²) >= 11 is 5.17. The van der Waals surface area contributed by atoms with E-state index in [-0.39, 0.29) is 23.4 Å². The van der Waals surface area contributed by atoms with Gasteiger partial charge in [0.25, 0.3) is 5.91 Å². The standard InChI is InChI=1S/C15H14F2N2O3S/c1-21-12-7-8(2-5-11(12)22-14(16)17)6-10-13(20)19(9-3-4-9)15(23)18-10/h2,5-7,9,14H,3-4H2,1H3,(H,18,23). The molecule has 2 aliphatic rings. The predicted octanol–water partition coefficient (Wildman–Crippen LogP) is 2.52. The number of carbonyl (C=O) groups excluding carboxylic acids is 1. The summed E-state index contributed by atoms with van der Waals surface area (Å²) in [7, 11) is 1.35. The van der Waals surface area contributed by atoms with Crippen LogP contribution in [0.15, 0.2) is 23.9 Å². The van der Waals surface area contributed by atoms with Gasteiger partial charge in [0.1, 0.15) is 5.70 Å². The van der Waals surface area contributed by atoms with Crippen LogP contribution in [0.2, 0.25) is 0 Å². The van der Waals surface area contributed by atoms with Crippen molar-refractivity contribution in [2.24, 2.45) is 0 Å². The molecule has 0 atom stereocenters. The van der Waals surface area contributed by atoms with Crippen LogP contribution in [-0.4, -0.2) is 35.7 Å². The van der Waals surface area contributed by atoms with E-state index in [0.717, 1.165) is 12.8 Å².